The smallest absolute Gasteiger partial charge is 0.192 e. The zero-order valence-electron chi connectivity index (χ0n) is 17.1. The molecule has 0 fully saturated rings. The highest BCUT2D eigenvalue weighted by molar-refractivity contribution is 6.74. The van der Waals surface area contributed by atoms with Crippen molar-refractivity contribution in [2.45, 2.75) is 45.0 Å². The molecule has 4 rings (SSSR count). The molecule has 0 bridgehead atoms. The van der Waals surface area contributed by atoms with E-state index in [-0.39, 0.29) is 17.2 Å². The molecule has 1 N–H and O–H groups in total. The number of ether oxygens (including phenoxy) is 1. The highest BCUT2D eigenvalue weighted by Crippen LogP contribution is 2.47. The third-order valence-corrected chi connectivity index (χ3v) is 10.6. The summed E-state index contributed by atoms with van der Waals surface area (Å²) in [7, 11) is -2.09. The molecule has 154 valence electrons. The third-order valence-electron chi connectivity index (χ3n) is 6.07. The number of aromatic amines is 1. The second-order valence-corrected chi connectivity index (χ2v) is 13.9. The third kappa shape index (κ3) is 3.36. The molecule has 0 radical (unpaired) electrons. The van der Waals surface area contributed by atoms with E-state index in [1.54, 1.807) is 6.07 Å². The van der Waals surface area contributed by atoms with E-state index in [4.69, 9.17) is 9.16 Å². The van der Waals surface area contributed by atoms with E-state index in [0.717, 1.165) is 6.07 Å². The fraction of sp³-hybridized carbons (Fsp3) is 0.364. The molecule has 1 atom stereocenters. The van der Waals surface area contributed by atoms with E-state index in [1.807, 2.05) is 0 Å². The van der Waals surface area contributed by atoms with Gasteiger partial charge < -0.3 is 14.1 Å². The number of aromatic nitrogens is 1. The van der Waals surface area contributed by atoms with Gasteiger partial charge in [0.25, 0.3) is 0 Å². The van der Waals surface area contributed by atoms with E-state index in [9.17, 15) is 13.2 Å². The van der Waals surface area contributed by atoms with Crippen LogP contribution in [-0.2, 0) is 4.43 Å². The van der Waals surface area contributed by atoms with Gasteiger partial charge in [-0.1, -0.05) is 20.8 Å². The summed E-state index contributed by atoms with van der Waals surface area (Å²) in [5.74, 6) is -1.41. The molecule has 0 aliphatic carbocycles. The first-order chi connectivity index (χ1) is 13.5. The molecule has 0 amide bonds. The summed E-state index contributed by atoms with van der Waals surface area (Å²) in [6.45, 7) is 10.9. The quantitative estimate of drug-likeness (QED) is 0.479. The lowest BCUT2D eigenvalue weighted by atomic mass is 9.97. The van der Waals surface area contributed by atoms with Gasteiger partial charge in [0.05, 0.1) is 17.8 Å². The van der Waals surface area contributed by atoms with Gasteiger partial charge in [-0.15, -0.1) is 0 Å². The average Bonchev–Trinajstić information content (AvgIpc) is 2.98. The predicted octanol–water partition coefficient (Wildman–Crippen LogP) is 6.71. The van der Waals surface area contributed by atoms with Crippen LogP contribution in [0.2, 0.25) is 18.1 Å². The summed E-state index contributed by atoms with van der Waals surface area (Å²) in [4.78, 5) is 3.06. The lowest BCUT2D eigenvalue weighted by Crippen LogP contribution is -2.42. The Bertz CT molecular complexity index is 1100. The molecule has 2 heterocycles. The van der Waals surface area contributed by atoms with E-state index >= 15 is 0 Å². The second kappa shape index (κ2) is 6.64. The summed E-state index contributed by atoms with van der Waals surface area (Å²) in [6.07, 6.45) is -0.608. The fourth-order valence-electron chi connectivity index (χ4n) is 3.42. The van der Waals surface area contributed by atoms with Crippen molar-refractivity contribution in [2.75, 3.05) is 6.61 Å². The van der Waals surface area contributed by atoms with Crippen LogP contribution in [0.5, 0.6) is 5.75 Å². The molecular weight excluding hydrogens is 395 g/mol. The summed E-state index contributed by atoms with van der Waals surface area (Å²) < 4.78 is 54.7. The summed E-state index contributed by atoms with van der Waals surface area (Å²) in [5.41, 5.74) is 2.06. The highest BCUT2D eigenvalue weighted by Gasteiger charge is 2.39. The van der Waals surface area contributed by atoms with Crippen LogP contribution in [0.3, 0.4) is 0 Å². The van der Waals surface area contributed by atoms with Crippen molar-refractivity contribution in [3.8, 4) is 17.0 Å². The number of hydrogen-bond acceptors (Lipinski definition) is 2. The van der Waals surface area contributed by atoms with Gasteiger partial charge >= 0.3 is 0 Å². The normalized spacial score (nSPS) is 16.5. The number of nitrogens with one attached hydrogen (secondary N) is 1. The van der Waals surface area contributed by atoms with Gasteiger partial charge in [-0.05, 0) is 36.3 Å². The lowest BCUT2D eigenvalue weighted by molar-refractivity contribution is 0.119. The van der Waals surface area contributed by atoms with E-state index in [0.29, 0.717) is 28.0 Å². The molecule has 1 aliphatic rings. The van der Waals surface area contributed by atoms with Crippen LogP contribution in [0.4, 0.5) is 13.2 Å². The van der Waals surface area contributed by atoms with Crippen LogP contribution in [0.15, 0.2) is 30.3 Å². The number of hydrogen-bond donors (Lipinski definition) is 1. The van der Waals surface area contributed by atoms with Crippen LogP contribution in [0, 0.1) is 17.5 Å². The maximum absolute atomic E-state index is 14.4. The minimum absolute atomic E-state index is 0.00700. The number of rotatable bonds is 3. The standard InChI is InChI=1S/C22H24F3NO2Si/c1-22(2,3)29(4,5)27-11-18-19-15-8-13(24)9-16(25)20(15)26-21(19)14-7-6-12(23)10-17(14)28-18/h6-10,18,26H,11H2,1-5H3. The summed E-state index contributed by atoms with van der Waals surface area (Å²) >= 11 is 0. The topological polar surface area (TPSA) is 34.2 Å². The Balaban J connectivity index is 1.85. The zero-order valence-corrected chi connectivity index (χ0v) is 18.1. The van der Waals surface area contributed by atoms with Crippen molar-refractivity contribution in [3.05, 3.63) is 53.3 Å². The fourth-order valence-corrected chi connectivity index (χ4v) is 4.42. The molecule has 0 saturated carbocycles. The molecule has 1 aromatic heterocycles. The van der Waals surface area contributed by atoms with Crippen molar-refractivity contribution in [1.29, 1.82) is 0 Å². The Hall–Kier alpha value is -2.25. The Morgan fingerprint density at radius 3 is 2.48 bits per heavy atom. The van der Waals surface area contributed by atoms with Gasteiger partial charge in [0.15, 0.2) is 8.32 Å². The number of H-pyrrole nitrogens is 1. The Morgan fingerprint density at radius 1 is 1.07 bits per heavy atom. The number of halogens is 3. The van der Waals surface area contributed by atoms with Gasteiger partial charge in [-0.3, -0.25) is 0 Å². The highest BCUT2D eigenvalue weighted by atomic mass is 28.4. The van der Waals surface area contributed by atoms with Gasteiger partial charge in [0.1, 0.15) is 29.3 Å². The Kier molecular flexibility index (Phi) is 4.58. The maximum Gasteiger partial charge on any atom is 0.192 e. The SMILES string of the molecule is CC(C)(C)[Si](C)(C)OCC1Oc2cc(F)ccc2-c2[nH]c3c(F)cc(F)cc3c21. The first-order valence-electron chi connectivity index (χ1n) is 9.59. The van der Waals surface area contributed by atoms with Gasteiger partial charge in [0.2, 0.25) is 0 Å². The first kappa shape index (κ1) is 20.0. The predicted molar refractivity (Wildman–Crippen MR) is 110 cm³/mol. The monoisotopic (exact) mass is 419 g/mol. The first-order valence-corrected chi connectivity index (χ1v) is 12.5. The molecule has 3 nitrogen and oxygen atoms in total. The van der Waals surface area contributed by atoms with Gasteiger partial charge in [-0.25, -0.2) is 13.2 Å². The molecule has 1 unspecified atom stereocenters. The van der Waals surface area contributed by atoms with Crippen LogP contribution >= 0.6 is 0 Å². The molecule has 1 aliphatic heterocycles. The number of benzene rings is 2. The lowest BCUT2D eigenvalue weighted by Gasteiger charge is -2.38. The van der Waals surface area contributed by atoms with Gasteiger partial charge in [-0.2, -0.15) is 0 Å². The van der Waals surface area contributed by atoms with Gasteiger partial charge in [0, 0.05) is 28.6 Å². The minimum atomic E-state index is -2.09. The van der Waals surface area contributed by atoms with Crippen LogP contribution < -0.4 is 4.74 Å². The Labute approximate surface area is 169 Å². The average molecular weight is 420 g/mol. The maximum atomic E-state index is 14.4. The largest absolute Gasteiger partial charge is 0.482 e. The van der Waals surface area contributed by atoms with E-state index in [1.165, 1.54) is 18.2 Å². The Morgan fingerprint density at radius 2 is 1.79 bits per heavy atom. The van der Waals surface area contributed by atoms with Crippen molar-refractivity contribution in [2.24, 2.45) is 0 Å². The molecule has 29 heavy (non-hydrogen) atoms. The molecular formula is C22H24F3NO2Si. The van der Waals surface area contributed by atoms with E-state index in [2.05, 4.69) is 38.8 Å². The van der Waals surface area contributed by atoms with Crippen LogP contribution in [-0.4, -0.2) is 19.9 Å². The summed E-state index contributed by atoms with van der Waals surface area (Å²) in [6, 6.07) is 6.35. The van der Waals surface area contributed by atoms with Crippen LogP contribution in [0.1, 0.15) is 32.4 Å². The molecule has 3 aromatic rings. The zero-order chi connectivity index (χ0) is 21.1. The van der Waals surface area contributed by atoms with Crippen molar-refractivity contribution >= 4 is 19.2 Å². The van der Waals surface area contributed by atoms with Crippen LogP contribution in [0.25, 0.3) is 22.2 Å². The molecule has 0 spiro atoms. The van der Waals surface area contributed by atoms with Crippen molar-refractivity contribution < 1.29 is 22.3 Å². The molecule has 0 saturated heterocycles. The molecule has 7 heteroatoms. The van der Waals surface area contributed by atoms with Crippen molar-refractivity contribution in [3.63, 3.8) is 0 Å². The summed E-state index contributed by atoms with van der Waals surface area (Å²) in [5, 5.41) is 0.406. The number of fused-ring (bicyclic) bond motifs is 5. The second-order valence-electron chi connectivity index (χ2n) is 9.04. The minimum Gasteiger partial charge on any atom is -0.482 e. The van der Waals surface area contributed by atoms with E-state index < -0.39 is 31.9 Å². The molecule has 2 aromatic carbocycles. The van der Waals surface area contributed by atoms with Crippen molar-refractivity contribution in [1.82, 2.24) is 4.98 Å².